The van der Waals surface area contributed by atoms with Gasteiger partial charge in [-0.25, -0.2) is 0 Å². The van der Waals surface area contributed by atoms with Gasteiger partial charge in [-0.1, -0.05) is 0 Å². The summed E-state index contributed by atoms with van der Waals surface area (Å²) in [6.07, 6.45) is 5.95. The zero-order chi connectivity index (χ0) is 36.4. The molecule has 17 nitrogen and oxygen atoms in total. The quantitative estimate of drug-likeness (QED) is 0.0292. The summed E-state index contributed by atoms with van der Waals surface area (Å²) < 4.78 is 19.5. The van der Waals surface area contributed by atoms with Gasteiger partial charge in [-0.05, 0) is 51.4 Å². The number of carbonyl (C=O) groups is 6. The van der Waals surface area contributed by atoms with Crippen LogP contribution in [0.4, 0.5) is 0 Å². The number of ether oxygens (including phenoxy) is 4. The number of amides is 6. The van der Waals surface area contributed by atoms with Crippen LogP contribution in [0.25, 0.3) is 6.15 Å². The van der Waals surface area contributed by atoms with Crippen LogP contribution >= 0.6 is 0 Å². The first-order valence-corrected chi connectivity index (χ1v) is 16.3. The van der Waals surface area contributed by atoms with Crippen LogP contribution in [0.2, 0.25) is 0 Å². The van der Waals surface area contributed by atoms with E-state index < -0.39 is 12.1 Å². The van der Waals surface area contributed by atoms with Crippen LogP contribution in [0.1, 0.15) is 77.0 Å². The third kappa shape index (κ3) is 34.7. The predicted octanol–water partition coefficient (Wildman–Crippen LogP) is -2.02. The van der Waals surface area contributed by atoms with E-state index >= 15 is 0 Å². The number of rotatable bonds is 28. The molecule has 18 heteroatoms. The molecule has 0 radical (unpaired) electrons. The monoisotopic (exact) mass is 743 g/mol. The molecule has 50 heavy (non-hydrogen) atoms. The Morgan fingerprint density at radius 3 is 1.04 bits per heavy atom. The van der Waals surface area contributed by atoms with Crippen LogP contribution < -0.4 is 83.3 Å². The van der Waals surface area contributed by atoms with Crippen molar-refractivity contribution < 1.29 is 99.1 Å². The molecule has 0 aromatic carbocycles. The number of methoxy groups -OCH3 is 4. The molecule has 2 atom stereocenters. The first kappa shape index (κ1) is 55.0. The van der Waals surface area contributed by atoms with Crippen molar-refractivity contribution in [2.75, 3.05) is 68.0 Å². The van der Waals surface area contributed by atoms with Crippen molar-refractivity contribution in [3.8, 4) is 0 Å². The first-order chi connectivity index (χ1) is 23.1. The summed E-state index contributed by atoms with van der Waals surface area (Å²) >= 11 is 0. The van der Waals surface area contributed by atoms with E-state index in [0.717, 1.165) is 0 Å². The van der Waals surface area contributed by atoms with Gasteiger partial charge in [0, 0.05) is 93.6 Å². The summed E-state index contributed by atoms with van der Waals surface area (Å²) in [6, 6.07) is -1.30. The second-order valence-corrected chi connectivity index (χ2v) is 10.7. The van der Waals surface area contributed by atoms with Gasteiger partial charge in [0.15, 0.2) is 0 Å². The molecule has 0 aliphatic carbocycles. The van der Waals surface area contributed by atoms with Gasteiger partial charge in [-0.2, -0.15) is 0 Å². The normalized spacial score (nSPS) is 11.2. The van der Waals surface area contributed by atoms with Crippen LogP contribution in [0.5, 0.6) is 0 Å². The van der Waals surface area contributed by atoms with Crippen molar-refractivity contribution in [1.82, 2.24) is 31.9 Å². The Labute approximate surface area is 341 Å². The number of hydrogen-bond donors (Lipinski definition) is 6. The van der Waals surface area contributed by atoms with Gasteiger partial charge in [0.05, 0.1) is 0 Å². The summed E-state index contributed by atoms with van der Waals surface area (Å²) in [4.78, 5) is 70.2. The zero-order valence-electron chi connectivity index (χ0n) is 31.0. The molecule has 0 bridgehead atoms. The van der Waals surface area contributed by atoms with E-state index in [1.807, 2.05) is 0 Å². The molecule has 288 valence electrons. The fourth-order valence-corrected chi connectivity index (χ4v) is 4.07. The molecule has 6 amide bonds. The molecule has 0 rings (SSSR count). The van der Waals surface area contributed by atoms with E-state index in [9.17, 15) is 28.8 Å². The van der Waals surface area contributed by atoms with Gasteiger partial charge >= 0.3 is 51.4 Å². The van der Waals surface area contributed by atoms with Crippen molar-refractivity contribution in [1.29, 1.82) is 0 Å². The van der Waals surface area contributed by atoms with Crippen molar-refractivity contribution in [2.24, 2.45) is 0 Å². The first-order valence-electron chi connectivity index (χ1n) is 16.3. The second-order valence-electron chi connectivity index (χ2n) is 10.7. The topological polar surface area (TPSA) is 245 Å². The van der Waals surface area contributed by atoms with Crippen LogP contribution in [0, 0.1) is 14.1 Å². The number of nitrogens with two attached hydrogens (primary N) is 1. The van der Waals surface area contributed by atoms with Gasteiger partial charge in [0.25, 0.3) is 0 Å². The second kappa shape index (κ2) is 40.0. The van der Waals surface area contributed by atoms with E-state index in [2.05, 4.69) is 46.0 Å². The maximum Gasteiger partial charge on any atom is 1.00 e. The predicted molar refractivity (Wildman–Crippen MR) is 185 cm³/mol. The molecular formula is C32H62KN7O10-2. The minimum atomic E-state index is -0.650. The maximum absolute atomic E-state index is 11.8. The Morgan fingerprint density at radius 2 is 0.780 bits per heavy atom. The Kier molecular flexibility index (Phi) is 44.1. The van der Waals surface area contributed by atoms with E-state index in [-0.39, 0.29) is 93.0 Å². The molecule has 8 N–H and O–H groups in total. The molecule has 0 saturated carbocycles. The third-order valence-corrected chi connectivity index (χ3v) is 6.64. The molecular weight excluding hydrogens is 681 g/mol. The van der Waals surface area contributed by atoms with Crippen molar-refractivity contribution in [2.45, 2.75) is 89.1 Å². The number of hydrogen-bond acceptors (Lipinski definition) is 10. The largest absolute Gasteiger partial charge is 1.00 e. The van der Waals surface area contributed by atoms with Crippen molar-refractivity contribution in [3.63, 3.8) is 0 Å². The minimum absolute atomic E-state index is 0. The van der Waals surface area contributed by atoms with E-state index in [1.54, 1.807) is 28.4 Å². The number of nitrogens with one attached hydrogen (secondary N) is 6. The summed E-state index contributed by atoms with van der Waals surface area (Å²) in [5.74, 6) is -1.20. The Hall–Kier alpha value is -1.74. The van der Waals surface area contributed by atoms with Gasteiger partial charge in [0.1, 0.15) is 12.1 Å². The molecule has 0 aliphatic rings. The van der Waals surface area contributed by atoms with Gasteiger partial charge in [-0.3, -0.25) is 42.9 Å². The zero-order valence-corrected chi connectivity index (χ0v) is 34.1. The average molecular weight is 744 g/mol. The fourth-order valence-electron chi connectivity index (χ4n) is 4.07. The average Bonchev–Trinajstić information content (AvgIpc) is 3.07. The minimum Gasteiger partial charge on any atom is -0.693 e. The molecule has 0 saturated heterocycles. The maximum atomic E-state index is 11.8. The van der Waals surface area contributed by atoms with Crippen LogP contribution in [0.15, 0.2) is 0 Å². The third-order valence-electron chi connectivity index (χ3n) is 6.64. The van der Waals surface area contributed by atoms with E-state index in [1.165, 1.54) is 0 Å². The van der Waals surface area contributed by atoms with Gasteiger partial charge < -0.3 is 57.0 Å². The standard InChI is InChI=1S/2C16H30N3O5.K.H2N/c2*1-17-16(22)13(19-15(21)9-6-12-24-3)7-4-10-18-14(20)8-5-11-23-2;;/h2*13H,1,4-12H2,2-3H3,(H,17,22)(H,18,20)(H,19,21);;1H2/q2*-1;+1;-1. The summed E-state index contributed by atoms with van der Waals surface area (Å²) in [5.41, 5.74) is 0. The molecule has 0 aromatic heterocycles. The van der Waals surface area contributed by atoms with E-state index in [0.29, 0.717) is 117 Å². The fraction of sp³-hybridized carbons (Fsp3) is 0.750. The smallest absolute Gasteiger partial charge is 0.693 e. The van der Waals surface area contributed by atoms with Crippen molar-refractivity contribution in [3.05, 3.63) is 20.2 Å². The summed E-state index contributed by atoms with van der Waals surface area (Å²) in [6.45, 7) is 2.99. The molecule has 0 heterocycles. The Morgan fingerprint density at radius 1 is 0.500 bits per heavy atom. The SMILES string of the molecule is [CH2-]NC(=O)C(CCCNC(=O)CCCOC)NC(=O)CCCOC.[CH2-]NC(=O)C(CCCNC(=O)CCCOC)NC(=O)CCCOC.[K+].[NH2-]. The molecule has 0 aliphatic heterocycles. The van der Waals surface area contributed by atoms with Crippen LogP contribution in [-0.4, -0.2) is 115 Å². The van der Waals surface area contributed by atoms with E-state index in [4.69, 9.17) is 18.9 Å². The Bertz CT molecular complexity index is 833. The molecule has 0 fully saturated rings. The summed E-state index contributed by atoms with van der Waals surface area (Å²) in [5, 5.41) is 15.5. The van der Waals surface area contributed by atoms with Crippen LogP contribution in [-0.2, 0) is 47.7 Å². The molecule has 0 spiro atoms. The molecule has 0 aromatic rings. The summed E-state index contributed by atoms with van der Waals surface area (Å²) in [7, 11) is 13.0. The van der Waals surface area contributed by atoms with Gasteiger partial charge in [0.2, 0.25) is 35.4 Å². The molecule has 2 unspecified atom stereocenters. The van der Waals surface area contributed by atoms with Gasteiger partial charge in [-0.15, -0.1) is 0 Å². The Balaban J connectivity index is -0.000000407. The number of carbonyl (C=O) groups excluding carboxylic acids is 6. The van der Waals surface area contributed by atoms with Crippen molar-refractivity contribution >= 4 is 35.4 Å². The van der Waals surface area contributed by atoms with Crippen LogP contribution in [0.3, 0.4) is 0 Å².